The van der Waals surface area contributed by atoms with E-state index in [-0.39, 0.29) is 17.2 Å². The van der Waals surface area contributed by atoms with E-state index >= 15 is 0 Å². The van der Waals surface area contributed by atoms with Gasteiger partial charge in [0.15, 0.2) is 5.78 Å². The van der Waals surface area contributed by atoms with E-state index in [1.807, 2.05) is 0 Å². The first-order valence-corrected chi connectivity index (χ1v) is 6.34. The lowest BCUT2D eigenvalue weighted by molar-refractivity contribution is -0.128. The molecule has 18 heavy (non-hydrogen) atoms. The minimum Gasteiger partial charge on any atom is -0.298 e. The number of hydrogen-bond donors (Lipinski definition) is 0. The van der Waals surface area contributed by atoms with Crippen molar-refractivity contribution in [2.24, 2.45) is 5.41 Å². The molecule has 0 saturated heterocycles. The fraction of sp³-hybridized carbons (Fsp3) is 0.429. The van der Waals surface area contributed by atoms with Crippen LogP contribution in [0, 0.1) is 22.6 Å². The Morgan fingerprint density at radius 1 is 1.44 bits per heavy atom. The smallest absolute Gasteiger partial charge is 0.153 e. The van der Waals surface area contributed by atoms with Crippen molar-refractivity contribution >= 4 is 17.4 Å². The highest BCUT2D eigenvalue weighted by atomic mass is 35.5. The molecule has 0 heterocycles. The molecule has 1 aromatic rings. The summed E-state index contributed by atoms with van der Waals surface area (Å²) in [7, 11) is 0. The maximum absolute atomic E-state index is 13.0. The first-order valence-electron chi connectivity index (χ1n) is 5.96. The topological polar surface area (TPSA) is 40.9 Å². The number of rotatable bonds is 2. The Balaban J connectivity index is 2.30. The molecule has 0 spiro atoms. The van der Waals surface area contributed by atoms with Crippen LogP contribution in [0.4, 0.5) is 4.39 Å². The number of benzene rings is 1. The van der Waals surface area contributed by atoms with Crippen LogP contribution in [-0.4, -0.2) is 5.78 Å². The zero-order valence-electron chi connectivity index (χ0n) is 9.88. The van der Waals surface area contributed by atoms with E-state index in [2.05, 4.69) is 6.07 Å². The molecule has 1 aliphatic rings. The Labute approximate surface area is 110 Å². The van der Waals surface area contributed by atoms with Gasteiger partial charge in [0.2, 0.25) is 0 Å². The molecule has 0 aromatic heterocycles. The third-order valence-corrected chi connectivity index (χ3v) is 3.86. The number of nitriles is 1. The number of Topliss-reactive ketones (excluding diaryl/α,β-unsaturated/α-hetero) is 1. The fourth-order valence-corrected chi connectivity index (χ4v) is 2.66. The molecule has 0 amide bonds. The van der Waals surface area contributed by atoms with Crippen LogP contribution in [0.2, 0.25) is 5.02 Å². The normalized spacial score (nSPS) is 23.7. The molecule has 94 valence electrons. The van der Waals surface area contributed by atoms with Gasteiger partial charge in [0, 0.05) is 11.4 Å². The zero-order chi connectivity index (χ0) is 13.2. The summed E-state index contributed by atoms with van der Waals surface area (Å²) in [6.45, 7) is 0. The van der Waals surface area contributed by atoms with Crippen molar-refractivity contribution in [1.82, 2.24) is 0 Å². The number of ketones is 1. The van der Waals surface area contributed by atoms with Crippen molar-refractivity contribution in [2.75, 3.05) is 0 Å². The summed E-state index contributed by atoms with van der Waals surface area (Å²) < 4.78 is 13.0. The SMILES string of the molecule is N#CC1(Cc2ccc(F)cc2Cl)CCCCC1=O. The summed E-state index contributed by atoms with van der Waals surface area (Å²) in [4.78, 5) is 12.0. The Hall–Kier alpha value is -1.40. The molecule has 1 unspecified atom stereocenters. The van der Waals surface area contributed by atoms with Crippen LogP contribution >= 0.6 is 11.6 Å². The van der Waals surface area contributed by atoms with Crippen LogP contribution in [0.25, 0.3) is 0 Å². The van der Waals surface area contributed by atoms with Crippen molar-refractivity contribution in [1.29, 1.82) is 5.26 Å². The zero-order valence-corrected chi connectivity index (χ0v) is 10.6. The Morgan fingerprint density at radius 2 is 2.22 bits per heavy atom. The number of carbonyl (C=O) groups excluding carboxylic acids is 1. The van der Waals surface area contributed by atoms with Crippen molar-refractivity contribution in [2.45, 2.75) is 32.1 Å². The van der Waals surface area contributed by atoms with E-state index in [1.54, 1.807) is 6.07 Å². The minimum absolute atomic E-state index is 0.0170. The number of hydrogen-bond acceptors (Lipinski definition) is 2. The van der Waals surface area contributed by atoms with E-state index in [0.717, 1.165) is 12.8 Å². The lowest BCUT2D eigenvalue weighted by Gasteiger charge is -2.29. The fourth-order valence-electron chi connectivity index (χ4n) is 2.43. The van der Waals surface area contributed by atoms with E-state index < -0.39 is 11.2 Å². The maximum Gasteiger partial charge on any atom is 0.153 e. The van der Waals surface area contributed by atoms with E-state index in [9.17, 15) is 14.4 Å². The van der Waals surface area contributed by atoms with Crippen molar-refractivity contribution in [3.63, 3.8) is 0 Å². The van der Waals surface area contributed by atoms with Crippen molar-refractivity contribution < 1.29 is 9.18 Å². The van der Waals surface area contributed by atoms with Crippen LogP contribution in [0.3, 0.4) is 0 Å². The summed E-state index contributed by atoms with van der Waals surface area (Å²) in [6, 6.07) is 6.23. The molecule has 0 N–H and O–H groups in total. The molecule has 0 bridgehead atoms. The third-order valence-electron chi connectivity index (χ3n) is 3.51. The van der Waals surface area contributed by atoms with Crippen LogP contribution in [0.5, 0.6) is 0 Å². The van der Waals surface area contributed by atoms with E-state index in [4.69, 9.17) is 11.6 Å². The average molecular weight is 266 g/mol. The second-order valence-corrected chi connectivity index (χ2v) is 5.14. The van der Waals surface area contributed by atoms with Gasteiger partial charge in [-0.25, -0.2) is 4.39 Å². The molecule has 1 fully saturated rings. The summed E-state index contributed by atoms with van der Waals surface area (Å²) in [5, 5.41) is 9.61. The van der Waals surface area contributed by atoms with Crippen molar-refractivity contribution in [3.8, 4) is 6.07 Å². The molecule has 2 rings (SSSR count). The van der Waals surface area contributed by atoms with E-state index in [1.165, 1.54) is 12.1 Å². The molecule has 0 aliphatic heterocycles. The van der Waals surface area contributed by atoms with Crippen LogP contribution < -0.4 is 0 Å². The van der Waals surface area contributed by atoms with E-state index in [0.29, 0.717) is 18.4 Å². The maximum atomic E-state index is 13.0. The van der Waals surface area contributed by atoms with Gasteiger partial charge in [-0.2, -0.15) is 5.26 Å². The number of nitrogens with zero attached hydrogens (tertiary/aromatic N) is 1. The lowest BCUT2D eigenvalue weighted by Crippen LogP contribution is -2.35. The molecule has 2 nitrogen and oxygen atoms in total. The Morgan fingerprint density at radius 3 is 2.83 bits per heavy atom. The number of halogens is 2. The van der Waals surface area contributed by atoms with Gasteiger partial charge < -0.3 is 0 Å². The minimum atomic E-state index is -0.973. The first kappa shape index (κ1) is 13.0. The summed E-state index contributed by atoms with van der Waals surface area (Å²) in [5.41, 5.74) is -0.311. The Bertz CT molecular complexity index is 523. The molecule has 1 aliphatic carbocycles. The molecule has 1 saturated carbocycles. The van der Waals surface area contributed by atoms with Gasteiger partial charge in [0.25, 0.3) is 0 Å². The average Bonchev–Trinajstić information content (AvgIpc) is 2.35. The quantitative estimate of drug-likeness (QED) is 0.818. The highest BCUT2D eigenvalue weighted by Crippen LogP contribution is 2.37. The second kappa shape index (κ2) is 5.07. The third kappa shape index (κ3) is 2.39. The van der Waals surface area contributed by atoms with Crippen LogP contribution in [0.15, 0.2) is 18.2 Å². The van der Waals surface area contributed by atoms with Gasteiger partial charge in [0.1, 0.15) is 11.2 Å². The van der Waals surface area contributed by atoms with Crippen molar-refractivity contribution in [3.05, 3.63) is 34.6 Å². The molecular formula is C14H13ClFNO. The summed E-state index contributed by atoms with van der Waals surface area (Å²) in [5.74, 6) is -0.429. The standard InChI is InChI=1S/C14H13ClFNO/c15-12-7-11(16)5-4-10(12)8-14(9-17)6-2-1-3-13(14)18/h4-5,7H,1-3,6,8H2. The molecule has 1 atom stereocenters. The predicted octanol–water partition coefficient (Wildman–Crippen LogP) is 3.67. The Kier molecular flexibility index (Phi) is 3.68. The molecule has 0 radical (unpaired) electrons. The molecule has 1 aromatic carbocycles. The highest BCUT2D eigenvalue weighted by molar-refractivity contribution is 6.31. The van der Waals surface area contributed by atoms with Gasteiger partial charge >= 0.3 is 0 Å². The monoisotopic (exact) mass is 265 g/mol. The first-order chi connectivity index (χ1) is 8.57. The van der Waals surface area contributed by atoms with Gasteiger partial charge in [-0.15, -0.1) is 0 Å². The summed E-state index contributed by atoms with van der Waals surface area (Å²) >= 11 is 5.95. The van der Waals surface area contributed by atoms with Crippen LogP contribution in [0.1, 0.15) is 31.2 Å². The highest BCUT2D eigenvalue weighted by Gasteiger charge is 2.40. The lowest BCUT2D eigenvalue weighted by atomic mass is 9.70. The second-order valence-electron chi connectivity index (χ2n) is 4.74. The van der Waals surface area contributed by atoms with Gasteiger partial charge in [-0.1, -0.05) is 24.1 Å². The summed E-state index contributed by atoms with van der Waals surface area (Å²) in [6.07, 6.45) is 3.02. The predicted molar refractivity (Wildman–Crippen MR) is 66.6 cm³/mol. The molecule has 4 heteroatoms. The number of carbonyl (C=O) groups is 1. The molecular weight excluding hydrogens is 253 g/mol. The van der Waals surface area contributed by atoms with Gasteiger partial charge in [-0.3, -0.25) is 4.79 Å². The van der Waals surface area contributed by atoms with Gasteiger partial charge in [-0.05, 0) is 37.0 Å². The van der Waals surface area contributed by atoms with Gasteiger partial charge in [0.05, 0.1) is 6.07 Å². The largest absolute Gasteiger partial charge is 0.298 e. The van der Waals surface area contributed by atoms with Crippen LogP contribution in [-0.2, 0) is 11.2 Å².